The lowest BCUT2D eigenvalue weighted by Crippen LogP contribution is -2.50. The van der Waals surface area contributed by atoms with Crippen molar-refractivity contribution in [2.45, 2.75) is 38.1 Å². The summed E-state index contributed by atoms with van der Waals surface area (Å²) in [6.45, 7) is 7.69. The Bertz CT molecular complexity index is 698. The van der Waals surface area contributed by atoms with Crippen molar-refractivity contribution in [2.75, 3.05) is 19.6 Å². The lowest BCUT2D eigenvalue weighted by Gasteiger charge is -2.45. The fourth-order valence-electron chi connectivity index (χ4n) is 4.09. The third-order valence-corrected chi connectivity index (χ3v) is 5.91. The van der Waals surface area contributed by atoms with Gasteiger partial charge in [-0.15, -0.1) is 24.8 Å². The van der Waals surface area contributed by atoms with Gasteiger partial charge in [0.2, 0.25) is 0 Å². The molecule has 2 aromatic carbocycles. The first-order chi connectivity index (χ1) is 12.0. The highest BCUT2D eigenvalue weighted by Crippen LogP contribution is 2.40. The molecule has 1 aliphatic rings. The predicted octanol–water partition coefficient (Wildman–Crippen LogP) is 4.41. The number of halogens is 2. The molecule has 2 aromatic rings. The number of nitrogens with zero attached hydrogens (tertiary/aromatic N) is 1. The molecule has 0 spiro atoms. The van der Waals surface area contributed by atoms with Crippen LogP contribution in [0, 0.1) is 5.92 Å². The molecule has 3 N–H and O–H groups in total. The minimum absolute atomic E-state index is 0. The summed E-state index contributed by atoms with van der Waals surface area (Å²) in [6, 6.07) is 18.4. The molecule has 1 fully saturated rings. The molecular formula is C22H32Cl2N2O. The summed E-state index contributed by atoms with van der Waals surface area (Å²) in [5.41, 5.74) is 9.07. The fourth-order valence-corrected chi connectivity index (χ4v) is 4.09. The molecule has 1 aliphatic heterocycles. The van der Waals surface area contributed by atoms with Crippen LogP contribution in [0.3, 0.4) is 0 Å². The van der Waals surface area contributed by atoms with Gasteiger partial charge in [0.1, 0.15) is 5.75 Å². The van der Waals surface area contributed by atoms with Gasteiger partial charge in [0.25, 0.3) is 0 Å². The third-order valence-electron chi connectivity index (χ3n) is 5.91. The van der Waals surface area contributed by atoms with Crippen LogP contribution < -0.4 is 5.73 Å². The Morgan fingerprint density at radius 1 is 1.15 bits per heavy atom. The predicted molar refractivity (Wildman–Crippen MR) is 118 cm³/mol. The molecular weight excluding hydrogens is 379 g/mol. The van der Waals surface area contributed by atoms with E-state index in [1.165, 1.54) is 11.1 Å². The second kappa shape index (κ2) is 10.3. The molecule has 27 heavy (non-hydrogen) atoms. The van der Waals surface area contributed by atoms with E-state index in [2.05, 4.69) is 49.1 Å². The molecule has 0 radical (unpaired) electrons. The molecule has 5 heteroatoms. The molecule has 3 rings (SSSR count). The van der Waals surface area contributed by atoms with Gasteiger partial charge in [-0.25, -0.2) is 0 Å². The molecule has 1 unspecified atom stereocenters. The Labute approximate surface area is 175 Å². The SMILES string of the molecule is C[C@H]1CN(CC(N)Cc2ccccc2)CC[C@]1(C)c1cccc(O)c1.Cl.Cl. The van der Waals surface area contributed by atoms with Crippen molar-refractivity contribution in [2.24, 2.45) is 11.7 Å². The van der Waals surface area contributed by atoms with E-state index in [1.54, 1.807) is 6.07 Å². The Hall–Kier alpha value is -1.26. The van der Waals surface area contributed by atoms with Crippen LogP contribution in [0.2, 0.25) is 0 Å². The lowest BCUT2D eigenvalue weighted by atomic mass is 9.68. The van der Waals surface area contributed by atoms with Gasteiger partial charge in [-0.2, -0.15) is 0 Å². The van der Waals surface area contributed by atoms with Crippen LogP contribution in [0.1, 0.15) is 31.4 Å². The second-order valence-corrected chi connectivity index (χ2v) is 7.83. The summed E-state index contributed by atoms with van der Waals surface area (Å²) in [5.74, 6) is 0.880. The highest BCUT2D eigenvalue weighted by Gasteiger charge is 2.38. The molecule has 3 nitrogen and oxygen atoms in total. The first-order valence-electron chi connectivity index (χ1n) is 9.29. The van der Waals surface area contributed by atoms with Crippen molar-refractivity contribution in [1.82, 2.24) is 4.90 Å². The number of likely N-dealkylation sites (tertiary alicyclic amines) is 1. The lowest BCUT2D eigenvalue weighted by molar-refractivity contribution is 0.106. The Morgan fingerprint density at radius 2 is 1.85 bits per heavy atom. The van der Waals surface area contributed by atoms with Gasteiger partial charge in [-0.3, -0.25) is 0 Å². The molecule has 0 amide bonds. The van der Waals surface area contributed by atoms with Crippen LogP contribution in [0.25, 0.3) is 0 Å². The van der Waals surface area contributed by atoms with Gasteiger partial charge in [-0.05, 0) is 54.0 Å². The summed E-state index contributed by atoms with van der Waals surface area (Å²) < 4.78 is 0. The molecule has 3 atom stereocenters. The maximum atomic E-state index is 9.83. The summed E-state index contributed by atoms with van der Waals surface area (Å²) >= 11 is 0. The second-order valence-electron chi connectivity index (χ2n) is 7.83. The van der Waals surface area contributed by atoms with Crippen LogP contribution in [-0.4, -0.2) is 35.7 Å². The normalized spacial score (nSPS) is 23.7. The summed E-state index contributed by atoms with van der Waals surface area (Å²) in [5, 5.41) is 9.83. The maximum Gasteiger partial charge on any atom is 0.115 e. The van der Waals surface area contributed by atoms with Gasteiger partial charge < -0.3 is 15.7 Å². The van der Waals surface area contributed by atoms with Crippen molar-refractivity contribution in [3.63, 3.8) is 0 Å². The smallest absolute Gasteiger partial charge is 0.115 e. The van der Waals surface area contributed by atoms with E-state index < -0.39 is 0 Å². The van der Waals surface area contributed by atoms with Crippen molar-refractivity contribution in [1.29, 1.82) is 0 Å². The van der Waals surface area contributed by atoms with Gasteiger partial charge in [-0.1, -0.05) is 56.3 Å². The number of rotatable bonds is 5. The minimum atomic E-state index is 0. The van der Waals surface area contributed by atoms with Crippen LogP contribution in [-0.2, 0) is 11.8 Å². The zero-order chi connectivity index (χ0) is 17.9. The highest BCUT2D eigenvalue weighted by molar-refractivity contribution is 5.85. The average Bonchev–Trinajstić information content (AvgIpc) is 2.59. The van der Waals surface area contributed by atoms with Crippen molar-refractivity contribution < 1.29 is 5.11 Å². The fraction of sp³-hybridized carbons (Fsp3) is 0.455. The van der Waals surface area contributed by atoms with E-state index in [-0.39, 0.29) is 36.3 Å². The number of phenols is 1. The molecule has 0 saturated carbocycles. The number of nitrogens with two attached hydrogens (primary N) is 1. The number of phenolic OH excluding ortho intramolecular Hbond substituents is 1. The van der Waals surface area contributed by atoms with Gasteiger partial charge >= 0.3 is 0 Å². The van der Waals surface area contributed by atoms with Crippen molar-refractivity contribution in [3.8, 4) is 5.75 Å². The van der Waals surface area contributed by atoms with Gasteiger partial charge in [0.15, 0.2) is 0 Å². The van der Waals surface area contributed by atoms with Gasteiger partial charge in [0, 0.05) is 19.1 Å². The summed E-state index contributed by atoms with van der Waals surface area (Å²) in [4.78, 5) is 2.50. The topological polar surface area (TPSA) is 49.5 Å². The zero-order valence-electron chi connectivity index (χ0n) is 16.2. The zero-order valence-corrected chi connectivity index (χ0v) is 17.8. The number of piperidine rings is 1. The first-order valence-corrected chi connectivity index (χ1v) is 9.29. The quantitative estimate of drug-likeness (QED) is 0.767. The Balaban J connectivity index is 0.00000182. The third kappa shape index (κ3) is 5.86. The largest absolute Gasteiger partial charge is 0.508 e. The molecule has 0 aromatic heterocycles. The van der Waals surface area contributed by atoms with Crippen molar-refractivity contribution in [3.05, 3.63) is 65.7 Å². The van der Waals surface area contributed by atoms with Gasteiger partial charge in [0.05, 0.1) is 0 Å². The highest BCUT2D eigenvalue weighted by atomic mass is 35.5. The molecule has 150 valence electrons. The monoisotopic (exact) mass is 410 g/mol. The number of hydrogen-bond donors (Lipinski definition) is 2. The van der Waals surface area contributed by atoms with Crippen LogP contribution in [0.5, 0.6) is 5.75 Å². The van der Waals surface area contributed by atoms with E-state index >= 15 is 0 Å². The average molecular weight is 411 g/mol. The maximum absolute atomic E-state index is 9.83. The number of aromatic hydroxyl groups is 1. The summed E-state index contributed by atoms with van der Waals surface area (Å²) in [7, 11) is 0. The van der Waals surface area contributed by atoms with Crippen LogP contribution >= 0.6 is 24.8 Å². The Morgan fingerprint density at radius 3 is 2.48 bits per heavy atom. The first kappa shape index (κ1) is 23.8. The number of benzene rings is 2. The van der Waals surface area contributed by atoms with E-state index in [0.717, 1.165) is 32.5 Å². The molecule has 1 saturated heterocycles. The van der Waals surface area contributed by atoms with E-state index in [0.29, 0.717) is 11.7 Å². The summed E-state index contributed by atoms with van der Waals surface area (Å²) in [6.07, 6.45) is 2.02. The number of hydrogen-bond acceptors (Lipinski definition) is 3. The van der Waals surface area contributed by atoms with E-state index in [4.69, 9.17) is 5.73 Å². The van der Waals surface area contributed by atoms with E-state index in [9.17, 15) is 5.11 Å². The molecule has 1 heterocycles. The standard InChI is InChI=1S/C22H30N2O.2ClH/c1-17-15-24(16-20(23)13-18-7-4-3-5-8-18)12-11-22(17,2)19-9-6-10-21(25)14-19;;/h3-10,14,17,20,25H,11-13,15-16,23H2,1-2H3;2*1H/t17-,20?,22-;;/m0../s1. The Kier molecular flexibility index (Phi) is 9.10. The van der Waals surface area contributed by atoms with Crippen LogP contribution in [0.15, 0.2) is 54.6 Å². The van der Waals surface area contributed by atoms with Crippen molar-refractivity contribution >= 4 is 24.8 Å². The molecule has 0 bridgehead atoms. The van der Waals surface area contributed by atoms with Crippen LogP contribution in [0.4, 0.5) is 0 Å². The molecule has 0 aliphatic carbocycles. The minimum Gasteiger partial charge on any atom is -0.508 e. The van der Waals surface area contributed by atoms with E-state index in [1.807, 2.05) is 18.2 Å².